The molecule has 0 bridgehead atoms. The van der Waals surface area contributed by atoms with Crippen molar-refractivity contribution in [3.05, 3.63) is 35.9 Å². The standard InChI is InChI=1S/C12H15N3O4/c13-9(16)6-8(12(18)19)15-11(17)10(14)7-4-2-1-3-5-7/h1-5,8,10H,6,14H2,(H2,13,16)(H,15,17)(H,18,19)/t8-,10-/m1/s1. The van der Waals surface area contributed by atoms with Crippen LogP contribution in [0.3, 0.4) is 0 Å². The summed E-state index contributed by atoms with van der Waals surface area (Å²) < 4.78 is 0. The van der Waals surface area contributed by atoms with Crippen LogP contribution in [0.5, 0.6) is 0 Å². The number of carboxylic acids is 1. The highest BCUT2D eigenvalue weighted by molar-refractivity contribution is 5.90. The topological polar surface area (TPSA) is 136 Å². The Morgan fingerprint density at radius 3 is 2.26 bits per heavy atom. The zero-order chi connectivity index (χ0) is 14.4. The molecule has 0 heterocycles. The number of carboxylic acid groups (broad SMARTS) is 1. The highest BCUT2D eigenvalue weighted by Gasteiger charge is 2.25. The highest BCUT2D eigenvalue weighted by atomic mass is 16.4. The van der Waals surface area contributed by atoms with Crippen LogP contribution in [0.1, 0.15) is 18.0 Å². The summed E-state index contributed by atoms with van der Waals surface area (Å²) in [4.78, 5) is 33.4. The average molecular weight is 265 g/mol. The number of hydrogen-bond acceptors (Lipinski definition) is 4. The summed E-state index contributed by atoms with van der Waals surface area (Å²) in [6, 6.07) is 6.10. The first kappa shape index (κ1) is 14.7. The Bertz CT molecular complexity index is 475. The lowest BCUT2D eigenvalue weighted by Gasteiger charge is -2.17. The van der Waals surface area contributed by atoms with E-state index < -0.39 is 36.3 Å². The maximum atomic E-state index is 11.8. The van der Waals surface area contributed by atoms with Crippen molar-refractivity contribution in [3.8, 4) is 0 Å². The predicted octanol–water partition coefficient (Wildman–Crippen LogP) is -0.869. The number of amides is 2. The van der Waals surface area contributed by atoms with Gasteiger partial charge in [0.1, 0.15) is 12.1 Å². The fraction of sp³-hybridized carbons (Fsp3) is 0.250. The van der Waals surface area contributed by atoms with E-state index in [-0.39, 0.29) is 0 Å². The highest BCUT2D eigenvalue weighted by Crippen LogP contribution is 2.09. The van der Waals surface area contributed by atoms with Crippen molar-refractivity contribution in [2.45, 2.75) is 18.5 Å². The third-order valence-electron chi connectivity index (χ3n) is 2.46. The molecule has 0 saturated heterocycles. The molecule has 102 valence electrons. The van der Waals surface area contributed by atoms with Gasteiger partial charge in [0.05, 0.1) is 6.42 Å². The van der Waals surface area contributed by atoms with Gasteiger partial charge in [-0.25, -0.2) is 4.79 Å². The molecule has 1 aromatic rings. The summed E-state index contributed by atoms with van der Waals surface area (Å²) in [6.07, 6.45) is -0.484. The van der Waals surface area contributed by atoms with Crippen LogP contribution < -0.4 is 16.8 Å². The number of benzene rings is 1. The van der Waals surface area contributed by atoms with Crippen LogP contribution in [-0.2, 0) is 14.4 Å². The first-order chi connectivity index (χ1) is 8.91. The zero-order valence-electron chi connectivity index (χ0n) is 10.1. The molecule has 0 unspecified atom stereocenters. The molecule has 0 aliphatic rings. The van der Waals surface area contributed by atoms with E-state index in [1.807, 2.05) is 0 Å². The Labute approximate surface area is 109 Å². The van der Waals surface area contributed by atoms with Crippen LogP contribution in [0.15, 0.2) is 30.3 Å². The third-order valence-corrected chi connectivity index (χ3v) is 2.46. The zero-order valence-corrected chi connectivity index (χ0v) is 10.1. The van der Waals surface area contributed by atoms with E-state index in [1.54, 1.807) is 30.3 Å². The smallest absolute Gasteiger partial charge is 0.326 e. The van der Waals surface area contributed by atoms with Gasteiger partial charge in [-0.15, -0.1) is 0 Å². The number of hydrogen-bond donors (Lipinski definition) is 4. The van der Waals surface area contributed by atoms with Gasteiger partial charge in [0.15, 0.2) is 0 Å². The maximum Gasteiger partial charge on any atom is 0.326 e. The second-order valence-electron chi connectivity index (χ2n) is 3.96. The Morgan fingerprint density at radius 1 is 1.21 bits per heavy atom. The lowest BCUT2D eigenvalue weighted by molar-refractivity contribution is -0.143. The molecule has 6 N–H and O–H groups in total. The number of primary amides is 1. The van der Waals surface area contributed by atoms with Gasteiger partial charge >= 0.3 is 5.97 Å². The summed E-state index contributed by atoms with van der Waals surface area (Å²) in [6.45, 7) is 0. The Hall–Kier alpha value is -2.41. The van der Waals surface area contributed by atoms with Gasteiger partial charge in [0, 0.05) is 0 Å². The summed E-state index contributed by atoms with van der Waals surface area (Å²) in [5.41, 5.74) is 11.2. The number of rotatable bonds is 6. The molecule has 0 aromatic heterocycles. The maximum absolute atomic E-state index is 11.8. The molecule has 1 rings (SSSR count). The minimum atomic E-state index is -1.38. The number of nitrogens with one attached hydrogen (secondary N) is 1. The van der Waals surface area contributed by atoms with Crippen molar-refractivity contribution in [3.63, 3.8) is 0 Å². The second kappa shape index (κ2) is 6.50. The van der Waals surface area contributed by atoms with E-state index in [1.165, 1.54) is 0 Å². The van der Waals surface area contributed by atoms with Gasteiger partial charge in [0.2, 0.25) is 11.8 Å². The number of carbonyl (C=O) groups excluding carboxylic acids is 2. The fourth-order valence-electron chi connectivity index (χ4n) is 1.47. The number of carbonyl (C=O) groups is 3. The summed E-state index contributed by atoms with van der Waals surface area (Å²) in [5.74, 6) is -2.84. The molecule has 0 aliphatic carbocycles. The normalized spacial score (nSPS) is 13.3. The van der Waals surface area contributed by atoms with E-state index in [0.717, 1.165) is 0 Å². The molecule has 0 aliphatic heterocycles. The molecule has 0 radical (unpaired) electrons. The molecule has 0 saturated carbocycles. The molecule has 2 atom stereocenters. The van der Waals surface area contributed by atoms with Crippen LogP contribution in [0.4, 0.5) is 0 Å². The van der Waals surface area contributed by atoms with Gasteiger partial charge in [-0.1, -0.05) is 30.3 Å². The summed E-state index contributed by atoms with van der Waals surface area (Å²) in [5, 5.41) is 11.0. The van der Waals surface area contributed by atoms with E-state index >= 15 is 0 Å². The van der Waals surface area contributed by atoms with Crippen LogP contribution in [0.2, 0.25) is 0 Å². The van der Waals surface area contributed by atoms with Crippen molar-refractivity contribution in [2.75, 3.05) is 0 Å². The van der Waals surface area contributed by atoms with Crippen molar-refractivity contribution in [1.29, 1.82) is 0 Å². The summed E-state index contributed by atoms with van der Waals surface area (Å²) >= 11 is 0. The second-order valence-corrected chi connectivity index (χ2v) is 3.96. The van der Waals surface area contributed by atoms with Crippen molar-refractivity contribution in [2.24, 2.45) is 11.5 Å². The minimum Gasteiger partial charge on any atom is -0.480 e. The third kappa shape index (κ3) is 4.40. The molecule has 7 heteroatoms. The van der Waals surface area contributed by atoms with Gasteiger partial charge in [0.25, 0.3) is 0 Å². The average Bonchev–Trinajstić information content (AvgIpc) is 2.37. The predicted molar refractivity (Wildman–Crippen MR) is 66.7 cm³/mol. The molecular weight excluding hydrogens is 250 g/mol. The largest absolute Gasteiger partial charge is 0.480 e. The SMILES string of the molecule is NC(=O)C[C@@H](NC(=O)[C@H](N)c1ccccc1)C(=O)O. The van der Waals surface area contributed by atoms with Crippen LogP contribution >= 0.6 is 0 Å². The fourth-order valence-corrected chi connectivity index (χ4v) is 1.47. The van der Waals surface area contributed by atoms with Crippen molar-refractivity contribution < 1.29 is 19.5 Å². The first-order valence-corrected chi connectivity index (χ1v) is 5.54. The summed E-state index contributed by atoms with van der Waals surface area (Å²) in [7, 11) is 0. The number of nitrogens with two attached hydrogens (primary N) is 2. The van der Waals surface area contributed by atoms with Crippen LogP contribution in [-0.4, -0.2) is 28.9 Å². The molecule has 0 fully saturated rings. The lowest BCUT2D eigenvalue weighted by Crippen LogP contribution is -2.46. The van der Waals surface area contributed by atoms with E-state index in [9.17, 15) is 14.4 Å². The monoisotopic (exact) mass is 265 g/mol. The van der Waals surface area contributed by atoms with Crippen molar-refractivity contribution in [1.82, 2.24) is 5.32 Å². The lowest BCUT2D eigenvalue weighted by atomic mass is 10.1. The molecule has 2 amide bonds. The van der Waals surface area contributed by atoms with Crippen molar-refractivity contribution >= 4 is 17.8 Å². The Kier molecular flexibility index (Phi) is 5.01. The molecule has 0 spiro atoms. The van der Waals surface area contributed by atoms with Crippen LogP contribution in [0, 0.1) is 0 Å². The Balaban J connectivity index is 2.72. The molecule has 19 heavy (non-hydrogen) atoms. The van der Waals surface area contributed by atoms with Gasteiger partial charge in [-0.3, -0.25) is 9.59 Å². The van der Waals surface area contributed by atoms with E-state index in [0.29, 0.717) is 5.56 Å². The molecule has 1 aromatic carbocycles. The van der Waals surface area contributed by atoms with Gasteiger partial charge < -0.3 is 21.9 Å². The molecule has 7 nitrogen and oxygen atoms in total. The van der Waals surface area contributed by atoms with Gasteiger partial charge in [-0.2, -0.15) is 0 Å². The minimum absolute atomic E-state index is 0.484. The molecular formula is C12H15N3O4. The van der Waals surface area contributed by atoms with E-state index in [4.69, 9.17) is 16.6 Å². The number of aliphatic carboxylic acids is 1. The quantitative estimate of drug-likeness (QED) is 0.530. The van der Waals surface area contributed by atoms with Crippen LogP contribution in [0.25, 0.3) is 0 Å². The Morgan fingerprint density at radius 2 is 1.79 bits per heavy atom. The van der Waals surface area contributed by atoms with Gasteiger partial charge in [-0.05, 0) is 5.56 Å². The first-order valence-electron chi connectivity index (χ1n) is 5.54. The van der Waals surface area contributed by atoms with E-state index in [2.05, 4.69) is 5.32 Å².